The van der Waals surface area contributed by atoms with Gasteiger partial charge in [-0.15, -0.1) is 0 Å². The van der Waals surface area contributed by atoms with Gasteiger partial charge in [0.1, 0.15) is 5.75 Å². The Kier molecular flexibility index (Phi) is 4.68. The van der Waals surface area contributed by atoms with Crippen LogP contribution in [0, 0.1) is 6.92 Å². The molecule has 0 spiro atoms. The van der Waals surface area contributed by atoms with E-state index >= 15 is 0 Å². The van der Waals surface area contributed by atoms with E-state index < -0.39 is 0 Å². The number of phenols is 1. The molecule has 0 unspecified atom stereocenters. The predicted molar refractivity (Wildman–Crippen MR) is 83.2 cm³/mol. The molecule has 0 aliphatic carbocycles. The zero-order valence-electron chi connectivity index (χ0n) is 10.8. The molecule has 2 aromatic rings. The SMILES string of the molecule is Cc1cccc(O)c1CNC(=O)c1ccc(Cl)c(Br)c1. The number of hydrogen-bond acceptors (Lipinski definition) is 2. The third kappa shape index (κ3) is 3.32. The highest BCUT2D eigenvalue weighted by Crippen LogP contribution is 2.23. The molecular formula is C15H13BrClNO2. The smallest absolute Gasteiger partial charge is 0.251 e. The largest absolute Gasteiger partial charge is 0.508 e. The summed E-state index contributed by atoms with van der Waals surface area (Å²) in [5.74, 6) is -0.0346. The summed E-state index contributed by atoms with van der Waals surface area (Å²) in [5.41, 5.74) is 2.16. The van der Waals surface area contributed by atoms with Crippen molar-refractivity contribution < 1.29 is 9.90 Å². The van der Waals surface area contributed by atoms with Gasteiger partial charge in [0.2, 0.25) is 0 Å². The Labute approximate surface area is 130 Å². The highest BCUT2D eigenvalue weighted by atomic mass is 79.9. The van der Waals surface area contributed by atoms with Gasteiger partial charge in [0.15, 0.2) is 0 Å². The lowest BCUT2D eigenvalue weighted by Gasteiger charge is -2.10. The molecule has 2 N–H and O–H groups in total. The Morgan fingerprint density at radius 2 is 2.10 bits per heavy atom. The minimum Gasteiger partial charge on any atom is -0.508 e. The van der Waals surface area contributed by atoms with Crippen LogP contribution in [0.5, 0.6) is 5.75 Å². The van der Waals surface area contributed by atoms with Crippen molar-refractivity contribution in [1.82, 2.24) is 5.32 Å². The van der Waals surface area contributed by atoms with Crippen molar-refractivity contribution in [3.8, 4) is 5.75 Å². The molecule has 0 heterocycles. The first kappa shape index (κ1) is 14.9. The van der Waals surface area contributed by atoms with E-state index in [0.717, 1.165) is 5.56 Å². The van der Waals surface area contributed by atoms with E-state index in [4.69, 9.17) is 11.6 Å². The zero-order valence-corrected chi connectivity index (χ0v) is 13.1. The van der Waals surface area contributed by atoms with Crippen molar-refractivity contribution in [2.75, 3.05) is 0 Å². The van der Waals surface area contributed by atoms with Gasteiger partial charge >= 0.3 is 0 Å². The summed E-state index contributed by atoms with van der Waals surface area (Å²) < 4.78 is 0.672. The molecule has 5 heteroatoms. The average Bonchev–Trinajstić information content (AvgIpc) is 2.41. The fraction of sp³-hybridized carbons (Fsp3) is 0.133. The molecular weight excluding hydrogens is 342 g/mol. The summed E-state index contributed by atoms with van der Waals surface area (Å²) in [6.07, 6.45) is 0. The number of aromatic hydroxyl groups is 1. The van der Waals surface area contributed by atoms with E-state index in [1.807, 2.05) is 13.0 Å². The summed E-state index contributed by atoms with van der Waals surface area (Å²) in [4.78, 5) is 12.0. The lowest BCUT2D eigenvalue weighted by Crippen LogP contribution is -2.23. The number of aryl methyl sites for hydroxylation is 1. The number of hydrogen-bond donors (Lipinski definition) is 2. The molecule has 0 aliphatic rings. The van der Waals surface area contributed by atoms with Crippen molar-refractivity contribution in [2.45, 2.75) is 13.5 Å². The summed E-state index contributed by atoms with van der Waals surface area (Å²) >= 11 is 9.17. The zero-order chi connectivity index (χ0) is 14.7. The molecule has 0 saturated carbocycles. The quantitative estimate of drug-likeness (QED) is 0.874. The third-order valence-corrected chi connectivity index (χ3v) is 4.21. The highest BCUT2D eigenvalue weighted by Gasteiger charge is 2.10. The predicted octanol–water partition coefficient (Wildman–Crippen LogP) is 4.05. The number of phenolic OH excluding ortho intramolecular Hbond substituents is 1. The van der Waals surface area contributed by atoms with Crippen LogP contribution < -0.4 is 5.32 Å². The molecule has 0 fully saturated rings. The van der Waals surface area contributed by atoms with Crippen LogP contribution in [0.25, 0.3) is 0 Å². The Balaban J connectivity index is 2.11. The molecule has 2 rings (SSSR count). The van der Waals surface area contributed by atoms with Gasteiger partial charge in [0.05, 0.1) is 5.02 Å². The van der Waals surface area contributed by atoms with E-state index in [1.54, 1.807) is 30.3 Å². The Morgan fingerprint density at radius 1 is 1.35 bits per heavy atom. The van der Waals surface area contributed by atoms with Crippen molar-refractivity contribution in [3.63, 3.8) is 0 Å². The third-order valence-electron chi connectivity index (χ3n) is 2.99. The van der Waals surface area contributed by atoms with Crippen LogP contribution in [-0.4, -0.2) is 11.0 Å². The van der Waals surface area contributed by atoms with Crippen LogP contribution in [0.2, 0.25) is 5.02 Å². The van der Waals surface area contributed by atoms with Crippen molar-refractivity contribution in [3.05, 3.63) is 62.6 Å². The van der Waals surface area contributed by atoms with Crippen LogP contribution in [0.3, 0.4) is 0 Å². The average molecular weight is 355 g/mol. The number of rotatable bonds is 3. The minimum absolute atomic E-state index is 0.183. The van der Waals surface area contributed by atoms with E-state index in [0.29, 0.717) is 20.6 Å². The maximum atomic E-state index is 12.0. The molecule has 0 saturated heterocycles. The molecule has 0 aromatic heterocycles. The van der Waals surface area contributed by atoms with Gasteiger partial charge in [-0.3, -0.25) is 4.79 Å². The number of carbonyl (C=O) groups excluding carboxylic acids is 1. The summed E-state index contributed by atoms with van der Waals surface area (Å²) in [7, 11) is 0. The van der Waals surface area contributed by atoms with Crippen LogP contribution in [0.1, 0.15) is 21.5 Å². The maximum Gasteiger partial charge on any atom is 0.251 e. The highest BCUT2D eigenvalue weighted by molar-refractivity contribution is 9.10. The molecule has 0 radical (unpaired) electrons. The molecule has 20 heavy (non-hydrogen) atoms. The molecule has 0 atom stereocenters. The lowest BCUT2D eigenvalue weighted by molar-refractivity contribution is 0.0950. The Hall–Kier alpha value is -1.52. The van der Waals surface area contributed by atoms with Crippen LogP contribution in [-0.2, 0) is 6.54 Å². The van der Waals surface area contributed by atoms with Crippen molar-refractivity contribution in [1.29, 1.82) is 0 Å². The molecule has 0 bridgehead atoms. The molecule has 104 valence electrons. The van der Waals surface area contributed by atoms with Gasteiger partial charge in [-0.2, -0.15) is 0 Å². The monoisotopic (exact) mass is 353 g/mol. The van der Waals surface area contributed by atoms with Gasteiger partial charge in [0, 0.05) is 22.1 Å². The molecule has 1 amide bonds. The van der Waals surface area contributed by atoms with E-state index in [1.165, 1.54) is 0 Å². The number of amides is 1. The fourth-order valence-corrected chi connectivity index (χ4v) is 2.32. The van der Waals surface area contributed by atoms with Gasteiger partial charge < -0.3 is 10.4 Å². The maximum absolute atomic E-state index is 12.0. The van der Waals surface area contributed by atoms with Gasteiger partial charge in [-0.05, 0) is 52.7 Å². The minimum atomic E-state index is -0.218. The number of carbonyl (C=O) groups is 1. The molecule has 2 aromatic carbocycles. The van der Waals surface area contributed by atoms with E-state index in [9.17, 15) is 9.90 Å². The second-order valence-corrected chi connectivity index (χ2v) is 5.65. The normalized spacial score (nSPS) is 10.3. The number of halogens is 2. The van der Waals surface area contributed by atoms with Crippen LogP contribution in [0.15, 0.2) is 40.9 Å². The van der Waals surface area contributed by atoms with Gasteiger partial charge in [-0.25, -0.2) is 0 Å². The van der Waals surface area contributed by atoms with Crippen LogP contribution in [0.4, 0.5) is 0 Å². The molecule has 3 nitrogen and oxygen atoms in total. The Bertz CT molecular complexity index is 638. The first-order chi connectivity index (χ1) is 9.49. The lowest BCUT2D eigenvalue weighted by atomic mass is 10.1. The summed E-state index contributed by atoms with van der Waals surface area (Å²) in [6, 6.07) is 10.2. The van der Waals surface area contributed by atoms with Gasteiger partial charge in [-0.1, -0.05) is 23.7 Å². The topological polar surface area (TPSA) is 49.3 Å². The van der Waals surface area contributed by atoms with Crippen molar-refractivity contribution in [2.24, 2.45) is 0 Å². The number of benzene rings is 2. The standard InChI is InChI=1S/C15H13BrClNO2/c1-9-3-2-4-14(19)11(9)8-18-15(20)10-5-6-13(17)12(16)7-10/h2-7,19H,8H2,1H3,(H,18,20). The van der Waals surface area contributed by atoms with E-state index in [-0.39, 0.29) is 18.2 Å². The molecule has 0 aliphatic heterocycles. The second-order valence-electron chi connectivity index (χ2n) is 4.38. The Morgan fingerprint density at radius 3 is 2.75 bits per heavy atom. The summed E-state index contributed by atoms with van der Waals surface area (Å²) in [5, 5.41) is 13.1. The first-order valence-electron chi connectivity index (χ1n) is 5.99. The fourth-order valence-electron chi connectivity index (χ4n) is 1.82. The van der Waals surface area contributed by atoms with Gasteiger partial charge in [0.25, 0.3) is 5.91 Å². The van der Waals surface area contributed by atoms with Crippen molar-refractivity contribution >= 4 is 33.4 Å². The van der Waals surface area contributed by atoms with Crippen LogP contribution >= 0.6 is 27.5 Å². The van der Waals surface area contributed by atoms with E-state index in [2.05, 4.69) is 21.2 Å². The first-order valence-corrected chi connectivity index (χ1v) is 7.17. The number of nitrogens with one attached hydrogen (secondary N) is 1. The summed E-state index contributed by atoms with van der Waals surface area (Å²) in [6.45, 7) is 2.16. The second kappa shape index (κ2) is 6.29.